The molecule has 9 heteroatoms. The Kier molecular flexibility index (Phi) is 8.16. The molecule has 0 unspecified atom stereocenters. The number of ether oxygens (including phenoxy) is 3. The number of nitrogens with one attached hydrogen (secondary N) is 2. The molecule has 4 aromatic rings. The smallest absolute Gasteiger partial charge is 0.261 e. The molecule has 0 bridgehead atoms. The van der Waals surface area contributed by atoms with Crippen LogP contribution < -0.4 is 24.8 Å². The van der Waals surface area contributed by atoms with Crippen molar-refractivity contribution < 1.29 is 23.8 Å². The van der Waals surface area contributed by atoms with Crippen LogP contribution in [0.15, 0.2) is 72.8 Å². The van der Waals surface area contributed by atoms with Gasteiger partial charge < -0.3 is 24.8 Å². The van der Waals surface area contributed by atoms with E-state index in [1.54, 1.807) is 24.3 Å². The zero-order chi connectivity index (χ0) is 29.8. The molecule has 0 spiro atoms. The summed E-state index contributed by atoms with van der Waals surface area (Å²) in [5, 5.41) is 6.78. The molecule has 1 saturated carbocycles. The number of pyridine rings is 1. The highest BCUT2D eigenvalue weighted by molar-refractivity contribution is 6.17. The molecule has 2 amide bonds. The number of fused-ring (bicyclic) bond motifs is 1. The van der Waals surface area contributed by atoms with Gasteiger partial charge in [0.15, 0.2) is 5.75 Å². The number of aromatic nitrogens is 1. The number of amides is 2. The van der Waals surface area contributed by atoms with Crippen LogP contribution in [0.3, 0.4) is 0 Å². The standard InChI is InChI=1S/C34H36N4O5/c1-41-30-29(26-11-5-7-13-28(26)36-31(30)42-2)43-25-16-14-24(15-17-25)35-32(39)34(18-19-34)33(40)37-27-12-6-4-10-23(27)22-38-20-8-3-9-21-38/h4-7,10-17H,3,8-9,18-22H2,1-2H3,(H,35,39)(H,37,40). The van der Waals surface area contributed by atoms with Crippen molar-refractivity contribution >= 4 is 34.1 Å². The minimum atomic E-state index is -1.08. The number of para-hydroxylation sites is 2. The molecule has 0 radical (unpaired) electrons. The van der Waals surface area contributed by atoms with Crippen LogP contribution in [0.25, 0.3) is 10.9 Å². The predicted molar refractivity (Wildman–Crippen MR) is 166 cm³/mol. The summed E-state index contributed by atoms with van der Waals surface area (Å²) in [5.74, 6) is 1.16. The van der Waals surface area contributed by atoms with Crippen molar-refractivity contribution in [2.24, 2.45) is 5.41 Å². The number of carbonyl (C=O) groups is 2. The maximum absolute atomic E-state index is 13.4. The van der Waals surface area contributed by atoms with E-state index >= 15 is 0 Å². The molecule has 3 aromatic carbocycles. The van der Waals surface area contributed by atoms with Crippen LogP contribution in [-0.4, -0.2) is 49.0 Å². The van der Waals surface area contributed by atoms with Crippen molar-refractivity contribution in [2.75, 3.05) is 37.9 Å². The molecule has 6 rings (SSSR count). The molecule has 1 aromatic heterocycles. The Hall–Kier alpha value is -4.63. The molecule has 1 saturated heterocycles. The summed E-state index contributed by atoms with van der Waals surface area (Å²) < 4.78 is 17.2. The molecule has 2 heterocycles. The zero-order valence-electron chi connectivity index (χ0n) is 24.5. The summed E-state index contributed by atoms with van der Waals surface area (Å²) in [6, 6.07) is 22.5. The third kappa shape index (κ3) is 5.99. The maximum Gasteiger partial charge on any atom is 0.261 e. The molecule has 1 aliphatic carbocycles. The minimum absolute atomic E-state index is 0.262. The Labute approximate surface area is 251 Å². The SMILES string of the molecule is COc1nc2ccccc2c(Oc2ccc(NC(=O)C3(C(=O)Nc4ccccc4CN4CCCCC4)CC3)cc2)c1OC. The Morgan fingerprint density at radius 3 is 2.23 bits per heavy atom. The lowest BCUT2D eigenvalue weighted by Gasteiger charge is -2.27. The Morgan fingerprint density at radius 1 is 0.814 bits per heavy atom. The Bertz CT molecular complexity index is 1630. The van der Waals surface area contributed by atoms with E-state index in [0.29, 0.717) is 47.2 Å². The molecular weight excluding hydrogens is 544 g/mol. The average molecular weight is 581 g/mol. The number of carbonyl (C=O) groups excluding carboxylic acids is 2. The second kappa shape index (κ2) is 12.3. The van der Waals surface area contributed by atoms with E-state index in [2.05, 4.69) is 20.5 Å². The first-order valence-electron chi connectivity index (χ1n) is 14.7. The van der Waals surface area contributed by atoms with E-state index in [-0.39, 0.29) is 11.8 Å². The van der Waals surface area contributed by atoms with Crippen molar-refractivity contribution in [3.63, 3.8) is 0 Å². The number of anilines is 2. The van der Waals surface area contributed by atoms with E-state index < -0.39 is 5.41 Å². The normalized spacial score (nSPS) is 15.9. The van der Waals surface area contributed by atoms with Crippen molar-refractivity contribution in [3.8, 4) is 23.1 Å². The molecular formula is C34H36N4O5. The molecule has 2 fully saturated rings. The zero-order valence-corrected chi connectivity index (χ0v) is 24.5. The Morgan fingerprint density at radius 2 is 1.51 bits per heavy atom. The summed E-state index contributed by atoms with van der Waals surface area (Å²) in [5.41, 5.74) is 2.05. The van der Waals surface area contributed by atoms with Crippen LogP contribution in [0.2, 0.25) is 0 Å². The summed E-state index contributed by atoms with van der Waals surface area (Å²) in [6.07, 6.45) is 4.70. The number of likely N-dealkylation sites (tertiary alicyclic amines) is 1. The van der Waals surface area contributed by atoms with Gasteiger partial charge in [-0.15, -0.1) is 0 Å². The van der Waals surface area contributed by atoms with Crippen molar-refractivity contribution in [1.82, 2.24) is 9.88 Å². The summed E-state index contributed by atoms with van der Waals surface area (Å²) in [7, 11) is 3.07. The van der Waals surface area contributed by atoms with Crippen LogP contribution in [0, 0.1) is 5.41 Å². The van der Waals surface area contributed by atoms with E-state index in [0.717, 1.165) is 36.3 Å². The van der Waals surface area contributed by atoms with Crippen LogP contribution in [-0.2, 0) is 16.1 Å². The van der Waals surface area contributed by atoms with E-state index in [1.807, 2.05) is 48.5 Å². The highest BCUT2D eigenvalue weighted by atomic mass is 16.5. The first kappa shape index (κ1) is 28.5. The van der Waals surface area contributed by atoms with Gasteiger partial charge in [0, 0.05) is 23.3 Å². The highest BCUT2D eigenvalue weighted by Crippen LogP contribution is 2.48. The number of hydrogen-bond donors (Lipinski definition) is 2. The maximum atomic E-state index is 13.4. The van der Waals surface area contributed by atoms with Crippen molar-refractivity contribution in [2.45, 2.75) is 38.6 Å². The number of piperidine rings is 1. The van der Waals surface area contributed by atoms with Gasteiger partial charge >= 0.3 is 0 Å². The van der Waals surface area contributed by atoms with Crippen molar-refractivity contribution in [1.29, 1.82) is 0 Å². The van der Waals surface area contributed by atoms with Gasteiger partial charge in [0.1, 0.15) is 11.2 Å². The van der Waals surface area contributed by atoms with Gasteiger partial charge in [-0.05, 0) is 86.8 Å². The van der Waals surface area contributed by atoms with Gasteiger partial charge in [-0.1, -0.05) is 36.8 Å². The van der Waals surface area contributed by atoms with E-state index in [1.165, 1.54) is 33.5 Å². The fourth-order valence-corrected chi connectivity index (χ4v) is 5.60. The second-order valence-corrected chi connectivity index (χ2v) is 11.1. The quantitative estimate of drug-likeness (QED) is 0.210. The van der Waals surface area contributed by atoms with Gasteiger partial charge in [-0.2, -0.15) is 0 Å². The summed E-state index contributed by atoms with van der Waals surface area (Å²) in [4.78, 5) is 33.7. The van der Waals surface area contributed by atoms with Crippen LogP contribution >= 0.6 is 0 Å². The van der Waals surface area contributed by atoms with Gasteiger partial charge in [0.25, 0.3) is 5.88 Å². The third-order valence-corrected chi connectivity index (χ3v) is 8.23. The van der Waals surface area contributed by atoms with Crippen LogP contribution in [0.4, 0.5) is 11.4 Å². The summed E-state index contributed by atoms with van der Waals surface area (Å²) >= 11 is 0. The largest absolute Gasteiger partial charge is 0.489 e. The molecule has 2 aliphatic rings. The number of nitrogens with zero attached hydrogens (tertiary/aromatic N) is 2. The molecule has 2 N–H and O–H groups in total. The number of benzene rings is 3. The van der Waals surface area contributed by atoms with Crippen LogP contribution in [0.1, 0.15) is 37.7 Å². The Balaban J connectivity index is 1.13. The van der Waals surface area contributed by atoms with Gasteiger partial charge in [0.2, 0.25) is 17.6 Å². The highest BCUT2D eigenvalue weighted by Gasteiger charge is 2.56. The lowest BCUT2D eigenvalue weighted by molar-refractivity contribution is -0.131. The lowest BCUT2D eigenvalue weighted by Crippen LogP contribution is -2.36. The molecule has 0 atom stereocenters. The fourth-order valence-electron chi connectivity index (χ4n) is 5.60. The molecule has 222 valence electrons. The first-order valence-corrected chi connectivity index (χ1v) is 14.7. The number of rotatable bonds is 10. The minimum Gasteiger partial charge on any atom is -0.489 e. The van der Waals surface area contributed by atoms with Crippen molar-refractivity contribution in [3.05, 3.63) is 78.4 Å². The lowest BCUT2D eigenvalue weighted by atomic mass is 10.0. The molecule has 43 heavy (non-hydrogen) atoms. The summed E-state index contributed by atoms with van der Waals surface area (Å²) in [6.45, 7) is 2.93. The van der Waals surface area contributed by atoms with E-state index in [9.17, 15) is 9.59 Å². The average Bonchev–Trinajstić information content (AvgIpc) is 3.86. The fraction of sp³-hybridized carbons (Fsp3) is 0.324. The monoisotopic (exact) mass is 580 g/mol. The topological polar surface area (TPSA) is 102 Å². The molecule has 9 nitrogen and oxygen atoms in total. The van der Waals surface area contributed by atoms with Crippen LogP contribution in [0.5, 0.6) is 23.1 Å². The second-order valence-electron chi connectivity index (χ2n) is 11.1. The third-order valence-electron chi connectivity index (χ3n) is 8.23. The number of hydrogen-bond acceptors (Lipinski definition) is 7. The van der Waals surface area contributed by atoms with Gasteiger partial charge in [-0.25, -0.2) is 4.98 Å². The van der Waals surface area contributed by atoms with Gasteiger partial charge in [-0.3, -0.25) is 14.5 Å². The first-order chi connectivity index (χ1) is 21.0. The van der Waals surface area contributed by atoms with E-state index in [4.69, 9.17) is 14.2 Å². The molecule has 1 aliphatic heterocycles. The predicted octanol–water partition coefficient (Wildman–Crippen LogP) is 6.39. The van der Waals surface area contributed by atoms with Gasteiger partial charge in [0.05, 0.1) is 19.7 Å². The number of methoxy groups -OCH3 is 2.